The average Bonchev–Trinajstić information content (AvgIpc) is 2.66. The average molecular weight is 348 g/mol. The van der Waals surface area contributed by atoms with Crippen molar-refractivity contribution in [2.45, 2.75) is 26.0 Å². The van der Waals surface area contributed by atoms with Crippen molar-refractivity contribution in [2.75, 3.05) is 39.3 Å². The molecule has 2 atom stereocenters. The van der Waals surface area contributed by atoms with Gasteiger partial charge in [-0.15, -0.1) is 0 Å². The molecule has 1 saturated heterocycles. The van der Waals surface area contributed by atoms with Crippen LogP contribution in [0.3, 0.4) is 0 Å². The Balaban J connectivity index is 1.53. The number of fused-ring (bicyclic) bond motifs is 1. The molecule has 2 aliphatic heterocycles. The maximum atomic E-state index is 12.7. The number of hydrogen-bond donors (Lipinski definition) is 2. The lowest BCUT2D eigenvalue weighted by atomic mass is 10.2. The zero-order chi connectivity index (χ0) is 17.8. The molecule has 7 nitrogen and oxygen atoms in total. The lowest BCUT2D eigenvalue weighted by Crippen LogP contribution is -3.19. The van der Waals surface area contributed by atoms with E-state index in [0.717, 1.165) is 13.1 Å². The van der Waals surface area contributed by atoms with Gasteiger partial charge in [0.25, 0.3) is 11.8 Å². The van der Waals surface area contributed by atoms with Crippen molar-refractivity contribution in [3.05, 3.63) is 24.3 Å². The van der Waals surface area contributed by atoms with Crippen LogP contribution in [-0.4, -0.2) is 68.2 Å². The van der Waals surface area contributed by atoms with Crippen LogP contribution in [0.5, 0.6) is 11.5 Å². The Labute approximate surface area is 147 Å². The van der Waals surface area contributed by atoms with Crippen molar-refractivity contribution in [2.24, 2.45) is 0 Å². The minimum Gasteiger partial charge on any atom is -0.485 e. The molecule has 0 aliphatic carbocycles. The number of piperazine rings is 1. The molecule has 2 heterocycles. The first-order chi connectivity index (χ1) is 12.1. The maximum Gasteiger partial charge on any atom is 0.278 e. The summed E-state index contributed by atoms with van der Waals surface area (Å²) in [7, 11) is 0. The smallest absolute Gasteiger partial charge is 0.278 e. The third kappa shape index (κ3) is 3.87. The number of amides is 2. The van der Waals surface area contributed by atoms with Gasteiger partial charge in [0.15, 0.2) is 17.5 Å². The van der Waals surface area contributed by atoms with E-state index in [2.05, 4.69) is 5.32 Å². The summed E-state index contributed by atoms with van der Waals surface area (Å²) in [6, 6.07) is 7.28. The topological polar surface area (TPSA) is 72.3 Å². The molecule has 136 valence electrons. The highest BCUT2D eigenvalue weighted by atomic mass is 16.6. The summed E-state index contributed by atoms with van der Waals surface area (Å²) < 4.78 is 11.4. The molecule has 0 saturated carbocycles. The number of nitrogens with zero attached hydrogens (tertiary/aromatic N) is 1. The fourth-order valence-corrected chi connectivity index (χ4v) is 3.30. The van der Waals surface area contributed by atoms with Gasteiger partial charge in [0.1, 0.15) is 6.61 Å². The number of likely N-dealkylation sites (N-methyl/N-ethyl adjacent to an activating group) is 1. The molecule has 1 aromatic rings. The first-order valence-corrected chi connectivity index (χ1v) is 8.89. The van der Waals surface area contributed by atoms with Gasteiger partial charge >= 0.3 is 0 Å². The fraction of sp³-hybridized carbons (Fsp3) is 0.556. The van der Waals surface area contributed by atoms with Gasteiger partial charge in [-0.05, 0) is 26.0 Å². The van der Waals surface area contributed by atoms with Crippen LogP contribution in [0.1, 0.15) is 13.8 Å². The van der Waals surface area contributed by atoms with Crippen LogP contribution in [0.2, 0.25) is 0 Å². The molecular formula is C18H26N3O4+. The standard InChI is InChI=1S/C18H25N3O4/c1-3-19-17(22)13(2)20-8-10-21(11-9-20)18(23)16-12-24-14-6-4-5-7-15(14)25-16/h4-7,13,16H,3,8-12H2,1-2H3,(H,19,22)/p+1/t13-,16-/m0/s1. The van der Waals surface area contributed by atoms with E-state index in [1.807, 2.05) is 43.0 Å². The molecule has 0 bridgehead atoms. The van der Waals surface area contributed by atoms with E-state index in [1.165, 1.54) is 4.90 Å². The van der Waals surface area contributed by atoms with Crippen molar-refractivity contribution in [1.82, 2.24) is 10.2 Å². The van der Waals surface area contributed by atoms with Crippen LogP contribution in [0.4, 0.5) is 0 Å². The van der Waals surface area contributed by atoms with Crippen LogP contribution >= 0.6 is 0 Å². The van der Waals surface area contributed by atoms with Gasteiger partial charge in [-0.2, -0.15) is 0 Å². The van der Waals surface area contributed by atoms with Gasteiger partial charge in [-0.1, -0.05) is 12.1 Å². The molecule has 1 fully saturated rings. The van der Waals surface area contributed by atoms with E-state index in [9.17, 15) is 9.59 Å². The number of hydrogen-bond acceptors (Lipinski definition) is 4. The first-order valence-electron chi connectivity index (χ1n) is 8.89. The summed E-state index contributed by atoms with van der Waals surface area (Å²) >= 11 is 0. The Morgan fingerprint density at radius 3 is 2.64 bits per heavy atom. The highest BCUT2D eigenvalue weighted by Crippen LogP contribution is 2.31. The SMILES string of the molecule is CCNC(=O)[C@H](C)[NH+]1CCN(C(=O)[C@@H]2COc3ccccc3O2)CC1. The fourth-order valence-electron chi connectivity index (χ4n) is 3.30. The van der Waals surface area contributed by atoms with Gasteiger partial charge in [0, 0.05) is 6.54 Å². The highest BCUT2D eigenvalue weighted by Gasteiger charge is 2.35. The molecule has 0 spiro atoms. The molecule has 0 radical (unpaired) electrons. The normalized spacial score (nSPS) is 21.5. The van der Waals surface area contributed by atoms with Gasteiger partial charge in [0.05, 0.1) is 26.2 Å². The van der Waals surface area contributed by atoms with E-state index in [-0.39, 0.29) is 24.5 Å². The number of para-hydroxylation sites is 2. The monoisotopic (exact) mass is 348 g/mol. The first kappa shape index (κ1) is 17.5. The van der Waals surface area contributed by atoms with Crippen molar-refractivity contribution >= 4 is 11.8 Å². The number of carbonyl (C=O) groups is 2. The quantitative estimate of drug-likeness (QED) is 0.738. The number of nitrogens with one attached hydrogen (secondary N) is 2. The lowest BCUT2D eigenvalue weighted by Gasteiger charge is -2.36. The number of carbonyl (C=O) groups excluding carboxylic acids is 2. The highest BCUT2D eigenvalue weighted by molar-refractivity contribution is 5.82. The second-order valence-corrected chi connectivity index (χ2v) is 6.46. The summed E-state index contributed by atoms with van der Waals surface area (Å²) in [6.07, 6.45) is -0.600. The van der Waals surface area contributed by atoms with Crippen LogP contribution < -0.4 is 19.7 Å². The molecule has 2 N–H and O–H groups in total. The predicted molar refractivity (Wildman–Crippen MR) is 91.8 cm³/mol. The van der Waals surface area contributed by atoms with Gasteiger partial charge in [0.2, 0.25) is 6.10 Å². The number of quaternary nitrogens is 1. The Bertz CT molecular complexity index is 629. The van der Waals surface area contributed by atoms with Crippen LogP contribution in [0.15, 0.2) is 24.3 Å². The van der Waals surface area contributed by atoms with E-state index < -0.39 is 6.10 Å². The Hall–Kier alpha value is -2.28. The van der Waals surface area contributed by atoms with Gasteiger partial charge in [-0.25, -0.2) is 0 Å². The summed E-state index contributed by atoms with van der Waals surface area (Å²) in [4.78, 5) is 27.7. The van der Waals surface area contributed by atoms with Crippen LogP contribution in [-0.2, 0) is 9.59 Å². The summed E-state index contributed by atoms with van der Waals surface area (Å²) in [5.74, 6) is 1.31. The molecule has 1 aromatic carbocycles. The van der Waals surface area contributed by atoms with Gasteiger partial charge < -0.3 is 24.6 Å². The Kier molecular flexibility index (Phi) is 5.43. The van der Waals surface area contributed by atoms with Crippen LogP contribution in [0, 0.1) is 0 Å². The summed E-state index contributed by atoms with van der Waals surface area (Å²) in [6.45, 7) is 7.49. The van der Waals surface area contributed by atoms with E-state index >= 15 is 0 Å². The molecule has 7 heteroatoms. The molecule has 0 unspecified atom stereocenters. The minimum atomic E-state index is -0.600. The van der Waals surface area contributed by atoms with Gasteiger partial charge in [-0.3, -0.25) is 9.59 Å². The third-order valence-corrected chi connectivity index (χ3v) is 4.86. The Morgan fingerprint density at radius 2 is 1.96 bits per heavy atom. The molecule has 2 aliphatic rings. The minimum absolute atomic E-state index is 0.0424. The summed E-state index contributed by atoms with van der Waals surface area (Å²) in [5, 5.41) is 2.86. The maximum absolute atomic E-state index is 12.7. The van der Waals surface area contributed by atoms with E-state index in [1.54, 1.807) is 0 Å². The second kappa shape index (κ2) is 7.74. The zero-order valence-electron chi connectivity index (χ0n) is 14.8. The molecule has 3 rings (SSSR count). The number of ether oxygens (including phenoxy) is 2. The van der Waals surface area contributed by atoms with E-state index in [0.29, 0.717) is 31.1 Å². The molecule has 25 heavy (non-hydrogen) atoms. The van der Waals surface area contributed by atoms with Crippen molar-refractivity contribution < 1.29 is 24.0 Å². The third-order valence-electron chi connectivity index (χ3n) is 4.86. The van der Waals surface area contributed by atoms with Crippen LogP contribution in [0.25, 0.3) is 0 Å². The number of rotatable bonds is 4. The zero-order valence-corrected chi connectivity index (χ0v) is 14.8. The van der Waals surface area contributed by atoms with Crippen molar-refractivity contribution in [3.8, 4) is 11.5 Å². The Morgan fingerprint density at radius 1 is 1.28 bits per heavy atom. The second-order valence-electron chi connectivity index (χ2n) is 6.46. The van der Waals surface area contributed by atoms with Crippen molar-refractivity contribution in [1.29, 1.82) is 0 Å². The van der Waals surface area contributed by atoms with E-state index in [4.69, 9.17) is 9.47 Å². The molecule has 0 aromatic heterocycles. The summed E-state index contributed by atoms with van der Waals surface area (Å²) in [5.41, 5.74) is 0. The number of benzene rings is 1. The molecular weight excluding hydrogens is 322 g/mol. The molecule has 2 amide bonds. The predicted octanol–water partition coefficient (Wildman–Crippen LogP) is -0.922. The lowest BCUT2D eigenvalue weighted by molar-refractivity contribution is -0.918. The van der Waals surface area contributed by atoms with Crippen molar-refractivity contribution in [3.63, 3.8) is 0 Å². The largest absolute Gasteiger partial charge is 0.485 e.